The van der Waals surface area contributed by atoms with Crippen molar-refractivity contribution in [2.24, 2.45) is 0 Å². The second-order valence-electron chi connectivity index (χ2n) is 5.30. The summed E-state index contributed by atoms with van der Waals surface area (Å²) in [6.45, 7) is 5.63. The molecule has 1 rings (SSSR count). The van der Waals surface area contributed by atoms with E-state index in [1.54, 1.807) is 12.1 Å². The minimum absolute atomic E-state index is 0.0727. The lowest BCUT2D eigenvalue weighted by Crippen LogP contribution is -2.25. The summed E-state index contributed by atoms with van der Waals surface area (Å²) in [5, 5.41) is 6.16. The zero-order chi connectivity index (χ0) is 15.1. The first-order valence-electron chi connectivity index (χ1n) is 7.03. The van der Waals surface area contributed by atoms with Crippen molar-refractivity contribution >= 4 is 17.3 Å². The number of hydrogen-bond donors (Lipinski definition) is 3. The number of anilines is 2. The standard InChI is InChI=1S/C15H26N4O/c1-5-17-15(20)12-6-7-13(16)14(10-12)18-11(2)8-9-19(3)4/h6-7,10-11,18H,5,8-9,16H2,1-4H3,(H,17,20). The maximum atomic E-state index is 11.8. The van der Waals surface area contributed by atoms with Crippen molar-refractivity contribution in [2.45, 2.75) is 26.3 Å². The van der Waals surface area contributed by atoms with Crippen molar-refractivity contribution in [3.05, 3.63) is 23.8 Å². The predicted octanol–water partition coefficient (Wildman–Crippen LogP) is 1.77. The molecule has 1 aromatic rings. The fraction of sp³-hybridized carbons (Fsp3) is 0.533. The number of carbonyl (C=O) groups excluding carboxylic acids is 1. The number of nitrogen functional groups attached to an aromatic ring is 1. The highest BCUT2D eigenvalue weighted by atomic mass is 16.1. The minimum atomic E-state index is -0.0727. The van der Waals surface area contributed by atoms with Gasteiger partial charge in [0.25, 0.3) is 5.91 Å². The predicted molar refractivity (Wildman–Crippen MR) is 85.1 cm³/mol. The largest absolute Gasteiger partial charge is 0.397 e. The topological polar surface area (TPSA) is 70.4 Å². The van der Waals surface area contributed by atoms with Gasteiger partial charge in [-0.05, 0) is 59.1 Å². The summed E-state index contributed by atoms with van der Waals surface area (Å²) in [6, 6.07) is 5.62. The highest BCUT2D eigenvalue weighted by Crippen LogP contribution is 2.21. The fourth-order valence-corrected chi connectivity index (χ4v) is 1.87. The molecule has 0 fully saturated rings. The van der Waals surface area contributed by atoms with E-state index in [4.69, 9.17) is 5.73 Å². The van der Waals surface area contributed by atoms with E-state index in [2.05, 4.69) is 36.6 Å². The molecule has 0 saturated heterocycles. The van der Waals surface area contributed by atoms with Crippen LogP contribution in [0.4, 0.5) is 11.4 Å². The first-order chi connectivity index (χ1) is 9.43. The Labute approximate surface area is 121 Å². The van der Waals surface area contributed by atoms with Gasteiger partial charge in [0.05, 0.1) is 11.4 Å². The van der Waals surface area contributed by atoms with Gasteiger partial charge in [-0.1, -0.05) is 0 Å². The highest BCUT2D eigenvalue weighted by molar-refractivity contribution is 5.96. The monoisotopic (exact) mass is 278 g/mol. The summed E-state index contributed by atoms with van der Waals surface area (Å²) < 4.78 is 0. The van der Waals surface area contributed by atoms with Crippen LogP contribution in [-0.4, -0.2) is 44.0 Å². The molecule has 0 spiro atoms. The molecule has 0 radical (unpaired) electrons. The lowest BCUT2D eigenvalue weighted by molar-refractivity contribution is 0.0956. The Kier molecular flexibility index (Phi) is 6.31. The number of nitrogens with zero attached hydrogens (tertiary/aromatic N) is 1. The smallest absolute Gasteiger partial charge is 0.251 e. The van der Waals surface area contributed by atoms with Crippen LogP contribution in [0.2, 0.25) is 0 Å². The van der Waals surface area contributed by atoms with Crippen LogP contribution in [0.1, 0.15) is 30.6 Å². The molecule has 0 aliphatic carbocycles. The van der Waals surface area contributed by atoms with E-state index in [1.165, 1.54) is 0 Å². The van der Waals surface area contributed by atoms with E-state index >= 15 is 0 Å². The summed E-state index contributed by atoms with van der Waals surface area (Å²) in [7, 11) is 4.10. The van der Waals surface area contributed by atoms with Gasteiger partial charge in [-0.2, -0.15) is 0 Å². The van der Waals surface area contributed by atoms with Crippen LogP contribution < -0.4 is 16.4 Å². The molecule has 0 heterocycles. The van der Waals surface area contributed by atoms with Crippen molar-refractivity contribution in [1.29, 1.82) is 0 Å². The quantitative estimate of drug-likeness (QED) is 0.665. The third-order valence-corrected chi connectivity index (χ3v) is 3.06. The molecule has 1 unspecified atom stereocenters. The van der Waals surface area contributed by atoms with Crippen LogP contribution in [0, 0.1) is 0 Å². The molecule has 4 N–H and O–H groups in total. The van der Waals surface area contributed by atoms with E-state index in [0.717, 1.165) is 18.7 Å². The number of nitrogens with one attached hydrogen (secondary N) is 2. The summed E-state index contributed by atoms with van der Waals surface area (Å²) in [6.07, 6.45) is 1.01. The van der Waals surface area contributed by atoms with Crippen LogP contribution in [0.3, 0.4) is 0 Å². The van der Waals surface area contributed by atoms with Gasteiger partial charge in [0, 0.05) is 18.2 Å². The molecule has 5 nitrogen and oxygen atoms in total. The van der Waals surface area contributed by atoms with Gasteiger partial charge in [-0.3, -0.25) is 4.79 Å². The third kappa shape index (κ3) is 5.09. The van der Waals surface area contributed by atoms with E-state index in [9.17, 15) is 4.79 Å². The summed E-state index contributed by atoms with van der Waals surface area (Å²) in [5.41, 5.74) is 8.07. The highest BCUT2D eigenvalue weighted by Gasteiger charge is 2.10. The number of benzene rings is 1. The molecule has 0 aromatic heterocycles. The molecule has 0 aliphatic heterocycles. The average Bonchev–Trinajstić information content (AvgIpc) is 2.39. The average molecular weight is 278 g/mol. The number of rotatable bonds is 7. The SMILES string of the molecule is CCNC(=O)c1ccc(N)c(NC(C)CCN(C)C)c1. The molecular formula is C15H26N4O. The van der Waals surface area contributed by atoms with Gasteiger partial charge in [0.1, 0.15) is 0 Å². The van der Waals surface area contributed by atoms with Crippen molar-refractivity contribution in [3.63, 3.8) is 0 Å². The first kappa shape index (κ1) is 16.3. The van der Waals surface area contributed by atoms with Crippen molar-refractivity contribution in [2.75, 3.05) is 38.2 Å². The van der Waals surface area contributed by atoms with Crippen LogP contribution in [0.5, 0.6) is 0 Å². The van der Waals surface area contributed by atoms with Crippen LogP contribution in [-0.2, 0) is 0 Å². The first-order valence-corrected chi connectivity index (χ1v) is 7.03. The van der Waals surface area contributed by atoms with Gasteiger partial charge in [-0.25, -0.2) is 0 Å². The summed E-state index contributed by atoms with van der Waals surface area (Å²) in [4.78, 5) is 14.0. The second kappa shape index (κ2) is 7.75. The second-order valence-corrected chi connectivity index (χ2v) is 5.30. The maximum Gasteiger partial charge on any atom is 0.251 e. The lowest BCUT2D eigenvalue weighted by atomic mass is 10.1. The zero-order valence-corrected chi connectivity index (χ0v) is 12.9. The molecule has 0 aliphatic rings. The Hall–Kier alpha value is -1.75. The van der Waals surface area contributed by atoms with Crippen LogP contribution in [0.15, 0.2) is 18.2 Å². The Morgan fingerprint density at radius 3 is 2.70 bits per heavy atom. The van der Waals surface area contributed by atoms with E-state index < -0.39 is 0 Å². The normalized spacial score (nSPS) is 12.2. The molecule has 1 atom stereocenters. The molecule has 20 heavy (non-hydrogen) atoms. The Bertz CT molecular complexity index is 445. The fourth-order valence-electron chi connectivity index (χ4n) is 1.87. The van der Waals surface area contributed by atoms with Gasteiger partial charge in [0.15, 0.2) is 0 Å². The van der Waals surface area contributed by atoms with E-state index in [-0.39, 0.29) is 5.91 Å². The molecular weight excluding hydrogens is 252 g/mol. The number of amides is 1. The zero-order valence-electron chi connectivity index (χ0n) is 12.9. The number of nitrogens with two attached hydrogens (primary N) is 1. The molecule has 0 saturated carbocycles. The number of hydrogen-bond acceptors (Lipinski definition) is 4. The third-order valence-electron chi connectivity index (χ3n) is 3.06. The molecule has 1 aromatic carbocycles. The molecule has 1 amide bonds. The Balaban J connectivity index is 2.73. The van der Waals surface area contributed by atoms with Crippen LogP contribution >= 0.6 is 0 Å². The Morgan fingerprint density at radius 1 is 1.40 bits per heavy atom. The van der Waals surface area contributed by atoms with E-state index in [0.29, 0.717) is 23.8 Å². The van der Waals surface area contributed by atoms with Gasteiger partial charge < -0.3 is 21.3 Å². The molecule has 0 bridgehead atoms. The van der Waals surface area contributed by atoms with Gasteiger partial charge in [0.2, 0.25) is 0 Å². The number of carbonyl (C=O) groups is 1. The van der Waals surface area contributed by atoms with Crippen molar-refractivity contribution < 1.29 is 4.79 Å². The van der Waals surface area contributed by atoms with E-state index in [1.807, 2.05) is 13.0 Å². The maximum absolute atomic E-state index is 11.8. The van der Waals surface area contributed by atoms with Crippen LogP contribution in [0.25, 0.3) is 0 Å². The van der Waals surface area contributed by atoms with Crippen molar-refractivity contribution in [3.8, 4) is 0 Å². The summed E-state index contributed by atoms with van der Waals surface area (Å²) in [5.74, 6) is -0.0727. The lowest BCUT2D eigenvalue weighted by Gasteiger charge is -2.19. The minimum Gasteiger partial charge on any atom is -0.397 e. The molecule has 5 heteroatoms. The van der Waals surface area contributed by atoms with Gasteiger partial charge >= 0.3 is 0 Å². The van der Waals surface area contributed by atoms with Crippen molar-refractivity contribution in [1.82, 2.24) is 10.2 Å². The van der Waals surface area contributed by atoms with Gasteiger partial charge in [-0.15, -0.1) is 0 Å². The summed E-state index contributed by atoms with van der Waals surface area (Å²) >= 11 is 0. The molecule has 112 valence electrons. The Morgan fingerprint density at radius 2 is 2.10 bits per heavy atom.